The fourth-order valence-corrected chi connectivity index (χ4v) is 4.89. The molecule has 3 amide bonds. The van der Waals surface area contributed by atoms with Gasteiger partial charge < -0.3 is 34.5 Å². The summed E-state index contributed by atoms with van der Waals surface area (Å²) in [5.74, 6) is 0.959. The van der Waals surface area contributed by atoms with Crippen LogP contribution in [0.1, 0.15) is 53.3 Å². The van der Waals surface area contributed by atoms with Crippen LogP contribution in [0.5, 0.6) is 17.2 Å². The first-order valence-corrected chi connectivity index (χ1v) is 12.6. The smallest absolute Gasteiger partial charge is 0.257 e. The SMILES string of the molecule is CCCNC(=O)C[C@H]1CC[C@@H]2[C@H](COc3ccc(NC(=O)c4ccc5c(c4)OCO5)cc3C(=O)N2C)O1. The van der Waals surface area contributed by atoms with E-state index in [1.54, 1.807) is 48.3 Å². The van der Waals surface area contributed by atoms with Crippen molar-refractivity contribution in [2.45, 2.75) is 50.9 Å². The van der Waals surface area contributed by atoms with Crippen molar-refractivity contribution in [1.29, 1.82) is 0 Å². The predicted molar refractivity (Wildman–Crippen MR) is 134 cm³/mol. The van der Waals surface area contributed by atoms with E-state index in [1.165, 1.54) is 0 Å². The molecule has 1 fully saturated rings. The predicted octanol–water partition coefficient (Wildman–Crippen LogP) is 2.96. The molecule has 0 aromatic heterocycles. The number of carbonyl (C=O) groups excluding carboxylic acids is 3. The molecule has 3 atom stereocenters. The monoisotopic (exact) mass is 509 g/mol. The zero-order valence-corrected chi connectivity index (χ0v) is 21.0. The van der Waals surface area contributed by atoms with Crippen LogP contribution in [0.25, 0.3) is 0 Å². The Hall–Kier alpha value is -3.79. The number of fused-ring (bicyclic) bond motifs is 3. The van der Waals surface area contributed by atoms with Gasteiger partial charge in [-0.15, -0.1) is 0 Å². The summed E-state index contributed by atoms with van der Waals surface area (Å²) >= 11 is 0. The first kappa shape index (κ1) is 24.9. The van der Waals surface area contributed by atoms with Crippen molar-refractivity contribution in [3.8, 4) is 17.2 Å². The van der Waals surface area contributed by atoms with Crippen molar-refractivity contribution < 1.29 is 33.3 Å². The highest BCUT2D eigenvalue weighted by Crippen LogP contribution is 2.34. The molecule has 196 valence electrons. The number of anilines is 1. The summed E-state index contributed by atoms with van der Waals surface area (Å²) in [7, 11) is 1.75. The first-order valence-electron chi connectivity index (χ1n) is 12.6. The molecule has 2 aromatic carbocycles. The Balaban J connectivity index is 1.28. The number of benzene rings is 2. The molecule has 1 saturated heterocycles. The standard InChI is InChI=1S/C27H31N3O7/c1-3-10-28-25(31)13-18-6-7-20-24(37-18)14-34-21-9-5-17(12-19(21)27(33)30(20)2)29-26(32)16-4-8-22-23(11-16)36-15-35-22/h4-5,8-9,11-12,18,20,24H,3,6-7,10,13-15H2,1-2H3,(H,28,31)(H,29,32)/t18-,20-,24+/m1/s1. The third-order valence-corrected chi connectivity index (χ3v) is 6.89. The highest BCUT2D eigenvalue weighted by Gasteiger charge is 2.39. The Morgan fingerprint density at radius 2 is 1.84 bits per heavy atom. The minimum absolute atomic E-state index is 0.0258. The van der Waals surface area contributed by atoms with Gasteiger partial charge >= 0.3 is 0 Å². The summed E-state index contributed by atoms with van der Waals surface area (Å²) in [6.45, 7) is 3.04. The maximum Gasteiger partial charge on any atom is 0.257 e. The lowest BCUT2D eigenvalue weighted by Gasteiger charge is -2.42. The molecule has 37 heavy (non-hydrogen) atoms. The van der Waals surface area contributed by atoms with Crippen molar-refractivity contribution in [1.82, 2.24) is 10.2 Å². The Kier molecular flexibility index (Phi) is 7.18. The third kappa shape index (κ3) is 5.34. The number of rotatable bonds is 6. The number of likely N-dealkylation sites (N-methyl/N-ethyl adjacent to an activating group) is 1. The van der Waals surface area contributed by atoms with E-state index < -0.39 is 0 Å². The van der Waals surface area contributed by atoms with Gasteiger partial charge in [0.25, 0.3) is 11.8 Å². The molecule has 0 bridgehead atoms. The molecule has 10 heteroatoms. The van der Waals surface area contributed by atoms with E-state index in [4.69, 9.17) is 18.9 Å². The number of carbonyl (C=O) groups is 3. The maximum absolute atomic E-state index is 13.4. The molecule has 10 nitrogen and oxygen atoms in total. The fourth-order valence-electron chi connectivity index (χ4n) is 4.89. The van der Waals surface area contributed by atoms with Crippen LogP contribution in [0.15, 0.2) is 36.4 Å². The Morgan fingerprint density at radius 1 is 1.03 bits per heavy atom. The molecule has 0 aliphatic carbocycles. The Bertz CT molecular complexity index is 1200. The Labute approximate surface area is 215 Å². The molecule has 3 aliphatic heterocycles. The van der Waals surface area contributed by atoms with Crippen molar-refractivity contribution >= 4 is 23.4 Å². The summed E-state index contributed by atoms with van der Waals surface area (Å²) in [6.07, 6.45) is 2.01. The molecule has 2 N–H and O–H groups in total. The van der Waals surface area contributed by atoms with Crippen LogP contribution in [0.4, 0.5) is 5.69 Å². The van der Waals surface area contributed by atoms with E-state index >= 15 is 0 Å². The van der Waals surface area contributed by atoms with Crippen LogP contribution in [-0.2, 0) is 9.53 Å². The van der Waals surface area contributed by atoms with E-state index in [9.17, 15) is 14.4 Å². The van der Waals surface area contributed by atoms with Crippen LogP contribution in [0.2, 0.25) is 0 Å². The van der Waals surface area contributed by atoms with Gasteiger partial charge in [-0.1, -0.05) is 6.92 Å². The molecule has 5 rings (SSSR count). The fraction of sp³-hybridized carbons (Fsp3) is 0.444. The molecular formula is C27H31N3O7. The number of hydrogen-bond acceptors (Lipinski definition) is 7. The molecule has 0 spiro atoms. The zero-order chi connectivity index (χ0) is 25.9. The zero-order valence-electron chi connectivity index (χ0n) is 21.0. The van der Waals surface area contributed by atoms with Crippen molar-refractivity contribution in [3.05, 3.63) is 47.5 Å². The van der Waals surface area contributed by atoms with Gasteiger partial charge in [0.2, 0.25) is 12.7 Å². The van der Waals surface area contributed by atoms with Crippen LogP contribution in [0.3, 0.4) is 0 Å². The van der Waals surface area contributed by atoms with Gasteiger partial charge in [0.1, 0.15) is 18.5 Å². The number of hydrogen-bond donors (Lipinski definition) is 2. The van der Waals surface area contributed by atoms with Gasteiger partial charge in [0.15, 0.2) is 11.5 Å². The topological polar surface area (TPSA) is 115 Å². The lowest BCUT2D eigenvalue weighted by molar-refractivity contribution is -0.134. The molecule has 3 heterocycles. The van der Waals surface area contributed by atoms with Crippen molar-refractivity contribution in [3.63, 3.8) is 0 Å². The van der Waals surface area contributed by atoms with Crippen LogP contribution in [-0.4, -0.2) is 67.9 Å². The van der Waals surface area contributed by atoms with Gasteiger partial charge in [-0.05, 0) is 55.7 Å². The highest BCUT2D eigenvalue weighted by atomic mass is 16.7. The highest BCUT2D eigenvalue weighted by molar-refractivity contribution is 6.06. The summed E-state index contributed by atoms with van der Waals surface area (Å²) in [6, 6.07) is 9.79. The molecule has 0 radical (unpaired) electrons. The summed E-state index contributed by atoms with van der Waals surface area (Å²) in [5.41, 5.74) is 1.25. The van der Waals surface area contributed by atoms with E-state index in [-0.39, 0.29) is 49.4 Å². The maximum atomic E-state index is 13.4. The lowest BCUT2D eigenvalue weighted by atomic mass is 9.94. The van der Waals surface area contributed by atoms with E-state index in [0.717, 1.165) is 6.42 Å². The van der Waals surface area contributed by atoms with E-state index in [1.807, 2.05) is 6.92 Å². The average Bonchev–Trinajstić information content (AvgIpc) is 3.38. The first-order chi connectivity index (χ1) is 17.9. The molecule has 2 aromatic rings. The largest absolute Gasteiger partial charge is 0.490 e. The van der Waals surface area contributed by atoms with E-state index in [2.05, 4.69) is 10.6 Å². The van der Waals surface area contributed by atoms with Gasteiger partial charge in [-0.3, -0.25) is 14.4 Å². The molecule has 0 saturated carbocycles. The second-order valence-corrected chi connectivity index (χ2v) is 9.46. The Morgan fingerprint density at radius 3 is 2.68 bits per heavy atom. The van der Waals surface area contributed by atoms with Crippen LogP contribution in [0, 0.1) is 0 Å². The minimum atomic E-state index is -0.342. The number of nitrogens with one attached hydrogen (secondary N) is 2. The summed E-state index contributed by atoms with van der Waals surface area (Å²) < 4.78 is 22.9. The third-order valence-electron chi connectivity index (χ3n) is 6.89. The quantitative estimate of drug-likeness (QED) is 0.615. The van der Waals surface area contributed by atoms with Gasteiger partial charge in [-0.25, -0.2) is 0 Å². The van der Waals surface area contributed by atoms with Gasteiger partial charge in [0.05, 0.1) is 24.1 Å². The summed E-state index contributed by atoms with van der Waals surface area (Å²) in [5, 5.41) is 5.73. The minimum Gasteiger partial charge on any atom is -0.490 e. The summed E-state index contributed by atoms with van der Waals surface area (Å²) in [4.78, 5) is 40.1. The normalized spacial score (nSPS) is 22.2. The molecular weight excluding hydrogens is 478 g/mol. The average molecular weight is 510 g/mol. The van der Waals surface area contributed by atoms with Crippen LogP contribution < -0.4 is 24.8 Å². The number of ether oxygens (including phenoxy) is 4. The molecule has 0 unspecified atom stereocenters. The van der Waals surface area contributed by atoms with Gasteiger partial charge in [-0.2, -0.15) is 0 Å². The number of amides is 3. The van der Waals surface area contributed by atoms with Crippen molar-refractivity contribution in [2.75, 3.05) is 32.3 Å². The van der Waals surface area contributed by atoms with Crippen LogP contribution >= 0.6 is 0 Å². The van der Waals surface area contributed by atoms with Crippen molar-refractivity contribution in [2.24, 2.45) is 0 Å². The van der Waals surface area contributed by atoms with E-state index in [0.29, 0.717) is 59.9 Å². The second kappa shape index (κ2) is 10.7. The van der Waals surface area contributed by atoms with Gasteiger partial charge in [0, 0.05) is 24.8 Å². The molecule has 3 aliphatic rings. The lowest BCUT2D eigenvalue weighted by Crippen LogP contribution is -2.54. The second-order valence-electron chi connectivity index (χ2n) is 9.46. The number of nitrogens with zero attached hydrogens (tertiary/aromatic N) is 1.